The van der Waals surface area contributed by atoms with Gasteiger partial charge in [-0.25, -0.2) is 0 Å². The molecule has 0 atom stereocenters. The highest BCUT2D eigenvalue weighted by atomic mass is 35.5. The van der Waals surface area contributed by atoms with Gasteiger partial charge in [0.1, 0.15) is 0 Å². The Labute approximate surface area is 145 Å². The number of carbonyl (C=O) groups excluding carboxylic acids is 2. The minimum Gasteiger partial charge on any atom is -0.323 e. The number of nitrogens with one attached hydrogen (secondary N) is 1. The molecule has 0 fully saturated rings. The van der Waals surface area contributed by atoms with Gasteiger partial charge in [0.15, 0.2) is 0 Å². The molecule has 0 heterocycles. The largest absolute Gasteiger partial charge is 0.323 e. The SMILES string of the molecule is CC(=O)N(C)c1ccc(CC(=O)Nc2c(Cl)cccc2Cl)cc1. The Hall–Kier alpha value is -2.04. The zero-order valence-electron chi connectivity index (χ0n) is 12.8. The Balaban J connectivity index is 2.05. The van der Waals surface area contributed by atoms with Crippen LogP contribution in [0.15, 0.2) is 42.5 Å². The Morgan fingerprint density at radius 1 is 1.04 bits per heavy atom. The molecule has 0 aliphatic heterocycles. The van der Waals surface area contributed by atoms with Crippen molar-refractivity contribution < 1.29 is 9.59 Å². The fourth-order valence-corrected chi connectivity index (χ4v) is 2.50. The maximum absolute atomic E-state index is 12.1. The lowest BCUT2D eigenvalue weighted by molar-refractivity contribution is -0.116. The summed E-state index contributed by atoms with van der Waals surface area (Å²) >= 11 is 12.1. The highest BCUT2D eigenvalue weighted by Crippen LogP contribution is 2.29. The molecule has 2 rings (SSSR count). The smallest absolute Gasteiger partial charge is 0.228 e. The van der Waals surface area contributed by atoms with Crippen LogP contribution in [0.2, 0.25) is 10.0 Å². The average Bonchev–Trinajstić information content (AvgIpc) is 2.51. The molecule has 6 heteroatoms. The molecule has 120 valence electrons. The van der Waals surface area contributed by atoms with E-state index in [4.69, 9.17) is 23.2 Å². The summed E-state index contributed by atoms with van der Waals surface area (Å²) in [5.41, 5.74) is 2.01. The van der Waals surface area contributed by atoms with Gasteiger partial charge >= 0.3 is 0 Å². The first kappa shape index (κ1) is 17.3. The van der Waals surface area contributed by atoms with Gasteiger partial charge in [-0.05, 0) is 29.8 Å². The number of rotatable bonds is 4. The Bertz CT molecular complexity index is 710. The van der Waals surface area contributed by atoms with Crippen LogP contribution in [0, 0.1) is 0 Å². The summed E-state index contributed by atoms with van der Waals surface area (Å²) in [5, 5.41) is 3.50. The summed E-state index contributed by atoms with van der Waals surface area (Å²) in [7, 11) is 1.70. The third kappa shape index (κ3) is 4.47. The number of benzene rings is 2. The van der Waals surface area contributed by atoms with Crippen LogP contribution in [0.5, 0.6) is 0 Å². The normalized spacial score (nSPS) is 10.3. The van der Waals surface area contributed by atoms with Crippen molar-refractivity contribution in [3.05, 3.63) is 58.1 Å². The van der Waals surface area contributed by atoms with Crippen LogP contribution in [-0.4, -0.2) is 18.9 Å². The zero-order chi connectivity index (χ0) is 17.0. The van der Waals surface area contributed by atoms with E-state index in [1.54, 1.807) is 37.4 Å². The third-order valence-corrected chi connectivity index (χ3v) is 4.02. The number of amides is 2. The van der Waals surface area contributed by atoms with Gasteiger partial charge in [-0.3, -0.25) is 9.59 Å². The molecular weight excluding hydrogens is 335 g/mol. The lowest BCUT2D eigenvalue weighted by atomic mass is 10.1. The second-order valence-electron chi connectivity index (χ2n) is 5.07. The van der Waals surface area contributed by atoms with Crippen molar-refractivity contribution in [2.75, 3.05) is 17.3 Å². The lowest BCUT2D eigenvalue weighted by Crippen LogP contribution is -2.22. The summed E-state index contributed by atoms with van der Waals surface area (Å²) in [6, 6.07) is 12.2. The zero-order valence-corrected chi connectivity index (χ0v) is 14.3. The maximum atomic E-state index is 12.1. The van der Waals surface area contributed by atoms with E-state index >= 15 is 0 Å². The van der Waals surface area contributed by atoms with Crippen LogP contribution < -0.4 is 10.2 Å². The second kappa shape index (κ2) is 7.49. The Morgan fingerprint density at radius 3 is 2.13 bits per heavy atom. The van der Waals surface area contributed by atoms with E-state index in [9.17, 15) is 9.59 Å². The highest BCUT2D eigenvalue weighted by Gasteiger charge is 2.11. The highest BCUT2D eigenvalue weighted by molar-refractivity contribution is 6.39. The molecule has 2 amide bonds. The summed E-state index contributed by atoms with van der Waals surface area (Å²) in [6.07, 6.45) is 0.186. The van der Waals surface area contributed by atoms with Gasteiger partial charge in [0.2, 0.25) is 11.8 Å². The molecular formula is C17H16Cl2N2O2. The van der Waals surface area contributed by atoms with Crippen molar-refractivity contribution in [1.29, 1.82) is 0 Å². The summed E-state index contributed by atoms with van der Waals surface area (Å²) in [6.45, 7) is 1.49. The van der Waals surface area contributed by atoms with E-state index in [2.05, 4.69) is 5.32 Å². The van der Waals surface area contributed by atoms with Gasteiger partial charge < -0.3 is 10.2 Å². The van der Waals surface area contributed by atoms with Crippen LogP contribution in [0.4, 0.5) is 11.4 Å². The van der Waals surface area contributed by atoms with Gasteiger partial charge in [-0.2, -0.15) is 0 Å². The Morgan fingerprint density at radius 2 is 1.61 bits per heavy atom. The molecule has 4 nitrogen and oxygen atoms in total. The first-order chi connectivity index (χ1) is 10.9. The van der Waals surface area contributed by atoms with Crippen molar-refractivity contribution in [3.63, 3.8) is 0 Å². The van der Waals surface area contributed by atoms with E-state index in [-0.39, 0.29) is 18.2 Å². The molecule has 0 aliphatic carbocycles. The summed E-state index contributed by atoms with van der Waals surface area (Å²) in [4.78, 5) is 25.0. The number of anilines is 2. The first-order valence-corrected chi connectivity index (χ1v) is 7.71. The predicted molar refractivity (Wildman–Crippen MR) is 94.3 cm³/mol. The predicted octanol–water partition coefficient (Wildman–Crippen LogP) is 4.16. The number of hydrogen-bond donors (Lipinski definition) is 1. The molecule has 0 saturated heterocycles. The Kier molecular flexibility index (Phi) is 5.64. The lowest BCUT2D eigenvalue weighted by Gasteiger charge is -2.15. The molecule has 0 spiro atoms. The summed E-state index contributed by atoms with van der Waals surface area (Å²) < 4.78 is 0. The molecule has 0 radical (unpaired) electrons. The van der Waals surface area contributed by atoms with E-state index in [0.717, 1.165) is 11.3 Å². The van der Waals surface area contributed by atoms with Gasteiger partial charge in [-0.1, -0.05) is 41.4 Å². The van der Waals surface area contributed by atoms with Crippen LogP contribution in [0.25, 0.3) is 0 Å². The van der Waals surface area contributed by atoms with E-state index in [1.165, 1.54) is 11.8 Å². The number of halogens is 2. The summed E-state index contributed by atoms with van der Waals surface area (Å²) in [5.74, 6) is -0.267. The monoisotopic (exact) mass is 350 g/mol. The fourth-order valence-electron chi connectivity index (χ4n) is 2.01. The molecule has 1 N–H and O–H groups in total. The molecule has 2 aromatic carbocycles. The van der Waals surface area contributed by atoms with Gasteiger partial charge in [0, 0.05) is 19.7 Å². The average molecular weight is 351 g/mol. The van der Waals surface area contributed by atoms with Crippen molar-refractivity contribution >= 4 is 46.4 Å². The van der Waals surface area contributed by atoms with Crippen LogP contribution >= 0.6 is 23.2 Å². The number of carbonyl (C=O) groups is 2. The standard InChI is InChI=1S/C17H16Cl2N2O2/c1-11(22)21(2)13-8-6-12(7-9-13)10-16(23)20-17-14(18)4-3-5-15(17)19/h3-9H,10H2,1-2H3,(H,20,23). The van der Waals surface area contributed by atoms with Crippen LogP contribution in [0.1, 0.15) is 12.5 Å². The molecule has 0 unspecified atom stereocenters. The molecule has 0 aromatic heterocycles. The third-order valence-electron chi connectivity index (χ3n) is 3.39. The van der Waals surface area contributed by atoms with Crippen molar-refractivity contribution in [3.8, 4) is 0 Å². The molecule has 0 saturated carbocycles. The number of hydrogen-bond acceptors (Lipinski definition) is 2. The van der Waals surface area contributed by atoms with Gasteiger partial charge in [0.25, 0.3) is 0 Å². The van der Waals surface area contributed by atoms with Crippen LogP contribution in [0.3, 0.4) is 0 Å². The molecule has 2 aromatic rings. The molecule has 23 heavy (non-hydrogen) atoms. The van der Waals surface area contributed by atoms with E-state index in [1.807, 2.05) is 12.1 Å². The van der Waals surface area contributed by atoms with E-state index < -0.39 is 0 Å². The molecule has 0 bridgehead atoms. The van der Waals surface area contributed by atoms with E-state index in [0.29, 0.717) is 15.7 Å². The van der Waals surface area contributed by atoms with Crippen LogP contribution in [-0.2, 0) is 16.0 Å². The minimum absolute atomic E-state index is 0.0520. The first-order valence-electron chi connectivity index (χ1n) is 6.95. The van der Waals surface area contributed by atoms with Crippen molar-refractivity contribution in [2.45, 2.75) is 13.3 Å². The number of nitrogens with zero attached hydrogens (tertiary/aromatic N) is 1. The fraction of sp³-hybridized carbons (Fsp3) is 0.176. The van der Waals surface area contributed by atoms with Gasteiger partial charge in [-0.15, -0.1) is 0 Å². The second-order valence-corrected chi connectivity index (χ2v) is 5.88. The van der Waals surface area contributed by atoms with Crippen molar-refractivity contribution in [1.82, 2.24) is 0 Å². The quantitative estimate of drug-likeness (QED) is 0.899. The minimum atomic E-state index is -0.215. The maximum Gasteiger partial charge on any atom is 0.228 e. The number of para-hydroxylation sites is 1. The topological polar surface area (TPSA) is 49.4 Å². The van der Waals surface area contributed by atoms with Crippen molar-refractivity contribution in [2.24, 2.45) is 0 Å². The molecule has 0 aliphatic rings. The van der Waals surface area contributed by atoms with Gasteiger partial charge in [0.05, 0.1) is 22.2 Å².